The smallest absolute Gasteiger partial charge is 0.258 e. The number of benzene rings is 3. The van der Waals surface area contributed by atoms with Gasteiger partial charge in [-0.25, -0.2) is 0 Å². The third-order valence-corrected chi connectivity index (χ3v) is 4.45. The van der Waals surface area contributed by atoms with Gasteiger partial charge in [-0.05, 0) is 54.6 Å². The van der Waals surface area contributed by atoms with Gasteiger partial charge in [0.25, 0.3) is 12.3 Å². The molecule has 0 spiro atoms. The Balaban J connectivity index is 1.38. The molecule has 3 aromatic carbocycles. The molecule has 2 heterocycles. The second kappa shape index (κ2) is 7.39. The summed E-state index contributed by atoms with van der Waals surface area (Å²) in [5.74, 6) is 2.21. The molecule has 0 aliphatic carbocycles. The lowest BCUT2D eigenvalue weighted by atomic mass is 10.2. The van der Waals surface area contributed by atoms with Crippen molar-refractivity contribution in [1.82, 2.24) is 25.1 Å². The minimum absolute atomic E-state index is 0.315. The van der Waals surface area contributed by atoms with Gasteiger partial charge in [0.05, 0.1) is 5.52 Å². The van der Waals surface area contributed by atoms with Crippen LogP contribution in [0.5, 0.6) is 11.5 Å². The number of aromatic nitrogens is 5. The molecule has 0 saturated carbocycles. The number of nitrogens with zero attached hydrogens (tertiary/aromatic N) is 5. The molecule has 148 valence electrons. The molecule has 0 saturated heterocycles. The van der Waals surface area contributed by atoms with E-state index < -0.39 is 6.41 Å². The average molecular weight is 401 g/mol. The normalized spacial score (nSPS) is 11.3. The molecule has 0 fully saturated rings. The van der Waals surface area contributed by atoms with Crippen LogP contribution in [0.15, 0.2) is 77.3 Å². The minimum atomic E-state index is -1.76. The van der Waals surface area contributed by atoms with Crippen LogP contribution in [0.1, 0.15) is 6.41 Å². The van der Waals surface area contributed by atoms with E-state index in [0.717, 1.165) is 16.0 Å². The zero-order valence-electron chi connectivity index (χ0n) is 15.5. The molecular formula is C21H15N5O4. The SMILES string of the molecule is OC(O)n1nnc2cc(-c3nc(-c4ccc(Oc5ccccc5)cc4)no3)ccc21. The summed E-state index contributed by atoms with van der Waals surface area (Å²) in [7, 11) is 0. The number of rotatable bonds is 5. The van der Waals surface area contributed by atoms with E-state index >= 15 is 0 Å². The molecule has 2 aromatic heterocycles. The number of fused-ring (bicyclic) bond motifs is 1. The predicted molar refractivity (Wildman–Crippen MR) is 106 cm³/mol. The van der Waals surface area contributed by atoms with Crippen LogP contribution in [-0.2, 0) is 0 Å². The molecule has 0 aliphatic heterocycles. The Kier molecular flexibility index (Phi) is 4.43. The Bertz CT molecular complexity index is 1300. The first kappa shape index (κ1) is 18.0. The number of hydrogen-bond donors (Lipinski definition) is 2. The molecule has 9 heteroatoms. The van der Waals surface area contributed by atoms with Crippen LogP contribution in [0.3, 0.4) is 0 Å². The third kappa shape index (κ3) is 3.39. The van der Waals surface area contributed by atoms with Crippen LogP contribution in [0.4, 0.5) is 0 Å². The predicted octanol–water partition coefficient (Wildman–Crippen LogP) is 3.38. The maximum Gasteiger partial charge on any atom is 0.258 e. The summed E-state index contributed by atoms with van der Waals surface area (Å²) in [5.41, 5.74) is 2.37. The number of para-hydroxylation sites is 1. The highest BCUT2D eigenvalue weighted by Gasteiger charge is 2.15. The van der Waals surface area contributed by atoms with Gasteiger partial charge in [0.1, 0.15) is 17.0 Å². The molecule has 0 aliphatic rings. The highest BCUT2D eigenvalue weighted by Crippen LogP contribution is 2.27. The summed E-state index contributed by atoms with van der Waals surface area (Å²) >= 11 is 0. The number of aliphatic hydroxyl groups excluding tert-OH is 1. The molecule has 0 radical (unpaired) electrons. The van der Waals surface area contributed by atoms with E-state index in [0.29, 0.717) is 34.1 Å². The van der Waals surface area contributed by atoms with Gasteiger partial charge in [0, 0.05) is 11.1 Å². The van der Waals surface area contributed by atoms with E-state index in [2.05, 4.69) is 20.5 Å². The lowest BCUT2D eigenvalue weighted by Crippen LogP contribution is -2.08. The van der Waals surface area contributed by atoms with Crippen LogP contribution in [0.2, 0.25) is 0 Å². The topological polar surface area (TPSA) is 119 Å². The van der Waals surface area contributed by atoms with E-state index in [1.54, 1.807) is 18.2 Å². The fourth-order valence-corrected chi connectivity index (χ4v) is 3.00. The maximum atomic E-state index is 9.29. The summed E-state index contributed by atoms with van der Waals surface area (Å²) in [5, 5.41) is 30.3. The Labute approximate surface area is 169 Å². The maximum absolute atomic E-state index is 9.29. The zero-order chi connectivity index (χ0) is 20.5. The number of aliphatic hydroxyl groups is 2. The third-order valence-electron chi connectivity index (χ3n) is 4.45. The molecule has 0 amide bonds. The molecule has 9 nitrogen and oxygen atoms in total. The summed E-state index contributed by atoms with van der Waals surface area (Å²) in [6.07, 6.45) is -1.76. The van der Waals surface area contributed by atoms with E-state index in [1.807, 2.05) is 54.6 Å². The molecule has 0 atom stereocenters. The highest BCUT2D eigenvalue weighted by atomic mass is 16.5. The first-order valence-corrected chi connectivity index (χ1v) is 9.06. The molecule has 30 heavy (non-hydrogen) atoms. The van der Waals surface area contributed by atoms with Crippen LogP contribution in [0, 0.1) is 0 Å². The Hall–Kier alpha value is -4.08. The average Bonchev–Trinajstić information content (AvgIpc) is 3.42. The Morgan fingerprint density at radius 2 is 1.60 bits per heavy atom. The lowest BCUT2D eigenvalue weighted by Gasteiger charge is -2.05. The summed E-state index contributed by atoms with van der Waals surface area (Å²) < 4.78 is 12.2. The van der Waals surface area contributed by atoms with Crippen molar-refractivity contribution < 1.29 is 19.5 Å². The summed E-state index contributed by atoms with van der Waals surface area (Å²) in [6, 6.07) is 22.0. The minimum Gasteiger partial charge on any atom is -0.457 e. The van der Waals surface area contributed by atoms with Gasteiger partial charge >= 0.3 is 0 Å². The van der Waals surface area contributed by atoms with Crippen LogP contribution in [-0.4, -0.2) is 35.3 Å². The van der Waals surface area contributed by atoms with Crippen molar-refractivity contribution in [3.63, 3.8) is 0 Å². The lowest BCUT2D eigenvalue weighted by molar-refractivity contribution is -0.108. The second-order valence-corrected chi connectivity index (χ2v) is 6.45. The Morgan fingerprint density at radius 3 is 2.37 bits per heavy atom. The first-order chi connectivity index (χ1) is 14.7. The largest absolute Gasteiger partial charge is 0.457 e. The van der Waals surface area contributed by atoms with Gasteiger partial charge in [-0.15, -0.1) is 5.10 Å². The second-order valence-electron chi connectivity index (χ2n) is 6.45. The highest BCUT2D eigenvalue weighted by molar-refractivity contribution is 5.79. The van der Waals surface area contributed by atoms with Crippen molar-refractivity contribution in [1.29, 1.82) is 0 Å². The van der Waals surface area contributed by atoms with Crippen molar-refractivity contribution >= 4 is 11.0 Å². The van der Waals surface area contributed by atoms with E-state index in [-0.39, 0.29) is 0 Å². The molecule has 5 rings (SSSR count). The first-order valence-electron chi connectivity index (χ1n) is 9.06. The van der Waals surface area contributed by atoms with Gasteiger partial charge in [0.15, 0.2) is 0 Å². The fraction of sp³-hybridized carbons (Fsp3) is 0.0476. The van der Waals surface area contributed by atoms with Crippen molar-refractivity contribution in [2.75, 3.05) is 0 Å². The van der Waals surface area contributed by atoms with Crippen LogP contribution < -0.4 is 4.74 Å². The Morgan fingerprint density at radius 1 is 0.867 bits per heavy atom. The quantitative estimate of drug-likeness (QED) is 0.430. The van der Waals surface area contributed by atoms with Crippen molar-refractivity contribution in [3.8, 4) is 34.3 Å². The van der Waals surface area contributed by atoms with Crippen LogP contribution >= 0.6 is 0 Å². The zero-order valence-corrected chi connectivity index (χ0v) is 15.5. The van der Waals surface area contributed by atoms with Gasteiger partial charge in [-0.3, -0.25) is 0 Å². The van der Waals surface area contributed by atoms with E-state index in [9.17, 15) is 10.2 Å². The van der Waals surface area contributed by atoms with Gasteiger partial charge < -0.3 is 19.5 Å². The standard InChI is InChI=1S/C21H15N5O4/c27-21(28)26-18-11-8-14(12-17(18)23-25-26)20-22-19(24-30-20)13-6-9-16(10-7-13)29-15-4-2-1-3-5-15/h1-12,21,27-28H. The van der Waals surface area contributed by atoms with Crippen LogP contribution in [0.25, 0.3) is 33.9 Å². The number of ether oxygens (including phenoxy) is 1. The molecule has 0 bridgehead atoms. The molecular weight excluding hydrogens is 386 g/mol. The van der Waals surface area contributed by atoms with Gasteiger partial charge in [0.2, 0.25) is 5.82 Å². The van der Waals surface area contributed by atoms with E-state index in [4.69, 9.17) is 9.26 Å². The fourth-order valence-electron chi connectivity index (χ4n) is 3.00. The number of hydrogen-bond acceptors (Lipinski definition) is 8. The summed E-state index contributed by atoms with van der Waals surface area (Å²) in [6.45, 7) is 0. The van der Waals surface area contributed by atoms with E-state index in [1.165, 1.54) is 0 Å². The van der Waals surface area contributed by atoms with Crippen molar-refractivity contribution in [2.24, 2.45) is 0 Å². The molecule has 5 aromatic rings. The molecule has 2 N–H and O–H groups in total. The van der Waals surface area contributed by atoms with Gasteiger partial charge in [-0.1, -0.05) is 28.6 Å². The summed E-state index contributed by atoms with van der Waals surface area (Å²) in [4.78, 5) is 4.44. The van der Waals surface area contributed by atoms with Gasteiger partial charge in [-0.2, -0.15) is 9.67 Å². The molecule has 0 unspecified atom stereocenters. The monoisotopic (exact) mass is 401 g/mol. The van der Waals surface area contributed by atoms with Crippen molar-refractivity contribution in [2.45, 2.75) is 6.41 Å². The van der Waals surface area contributed by atoms with Crippen molar-refractivity contribution in [3.05, 3.63) is 72.8 Å².